The molecule has 0 radical (unpaired) electrons. The number of ether oxygens (including phenoxy) is 2. The largest absolute Gasteiger partial charge is 0.497 e. The molecule has 2 aromatic carbocycles. The zero-order valence-corrected chi connectivity index (χ0v) is 21.1. The lowest BCUT2D eigenvalue weighted by Crippen LogP contribution is -2.60. The molecule has 190 valence electrons. The molecular formula is C29H36N4O3. The van der Waals surface area contributed by atoms with Crippen LogP contribution in [0.15, 0.2) is 48.5 Å². The number of para-hydroxylation sites is 1. The predicted molar refractivity (Wildman–Crippen MR) is 139 cm³/mol. The average Bonchev–Trinajstić information content (AvgIpc) is 3.30. The van der Waals surface area contributed by atoms with Crippen molar-refractivity contribution in [3.8, 4) is 5.75 Å². The van der Waals surface area contributed by atoms with Crippen LogP contribution in [0.1, 0.15) is 67.0 Å². The van der Waals surface area contributed by atoms with Crippen molar-refractivity contribution in [2.75, 3.05) is 20.3 Å². The molecular weight excluding hydrogens is 452 g/mol. The van der Waals surface area contributed by atoms with Gasteiger partial charge in [0.1, 0.15) is 5.75 Å². The van der Waals surface area contributed by atoms with Crippen molar-refractivity contribution in [2.45, 2.75) is 75.7 Å². The molecule has 1 N–H and O–H groups in total. The number of morpholine rings is 1. The molecule has 3 heterocycles. The molecule has 6 rings (SSSR count). The molecule has 2 bridgehead atoms. The molecule has 7 nitrogen and oxygen atoms in total. The van der Waals surface area contributed by atoms with Gasteiger partial charge in [-0.2, -0.15) is 5.10 Å². The van der Waals surface area contributed by atoms with Gasteiger partial charge in [-0.15, -0.1) is 0 Å². The molecule has 3 aliphatic rings. The molecule has 3 atom stereocenters. The second kappa shape index (κ2) is 10.2. The fourth-order valence-corrected chi connectivity index (χ4v) is 6.42. The van der Waals surface area contributed by atoms with Gasteiger partial charge in [0.15, 0.2) is 5.69 Å². The third kappa shape index (κ3) is 4.62. The van der Waals surface area contributed by atoms with E-state index < -0.39 is 0 Å². The Kier molecular flexibility index (Phi) is 6.67. The number of carbonyl (C=O) groups excluding carboxylic acids is 1. The maximum absolute atomic E-state index is 13.5. The SMILES string of the molecule is COc1ccc(CN2[C@@H]3COC[C@H]2C[C@@H](NC(=O)c2nn(C4CCCCC4)c4ccccc24)C3)cc1. The van der Waals surface area contributed by atoms with Crippen molar-refractivity contribution in [3.63, 3.8) is 0 Å². The second-order valence-electron chi connectivity index (χ2n) is 10.6. The third-order valence-corrected chi connectivity index (χ3v) is 8.28. The van der Waals surface area contributed by atoms with Crippen LogP contribution in [0.25, 0.3) is 10.9 Å². The summed E-state index contributed by atoms with van der Waals surface area (Å²) in [6.45, 7) is 2.30. The molecule has 1 amide bonds. The fraction of sp³-hybridized carbons (Fsp3) is 0.517. The van der Waals surface area contributed by atoms with Crippen LogP contribution in [0, 0.1) is 0 Å². The second-order valence-corrected chi connectivity index (χ2v) is 10.6. The Balaban J connectivity index is 1.17. The van der Waals surface area contributed by atoms with Gasteiger partial charge in [0.05, 0.1) is 31.9 Å². The molecule has 2 saturated heterocycles. The number of fused-ring (bicyclic) bond motifs is 3. The van der Waals surface area contributed by atoms with E-state index in [2.05, 4.69) is 33.1 Å². The molecule has 0 unspecified atom stereocenters. The number of aromatic nitrogens is 2. The van der Waals surface area contributed by atoms with Crippen molar-refractivity contribution in [3.05, 3.63) is 59.8 Å². The van der Waals surface area contributed by atoms with E-state index >= 15 is 0 Å². The molecule has 7 heteroatoms. The number of rotatable bonds is 6. The van der Waals surface area contributed by atoms with Crippen LogP contribution in [-0.4, -0.2) is 59.0 Å². The number of benzene rings is 2. The summed E-state index contributed by atoms with van der Waals surface area (Å²) in [5.41, 5.74) is 2.92. The lowest BCUT2D eigenvalue weighted by Gasteiger charge is -2.48. The van der Waals surface area contributed by atoms with E-state index in [1.54, 1.807) is 7.11 Å². The summed E-state index contributed by atoms with van der Waals surface area (Å²) in [5.74, 6) is 0.829. The van der Waals surface area contributed by atoms with Crippen LogP contribution in [0.4, 0.5) is 0 Å². The summed E-state index contributed by atoms with van der Waals surface area (Å²) >= 11 is 0. The Morgan fingerprint density at radius 3 is 2.44 bits per heavy atom. The van der Waals surface area contributed by atoms with Gasteiger partial charge in [-0.05, 0) is 49.4 Å². The Labute approximate surface area is 212 Å². The smallest absolute Gasteiger partial charge is 0.272 e. The normalized spacial score (nSPS) is 25.1. The van der Waals surface area contributed by atoms with E-state index in [0.717, 1.165) is 48.9 Å². The molecule has 1 saturated carbocycles. The van der Waals surface area contributed by atoms with E-state index in [9.17, 15) is 4.79 Å². The van der Waals surface area contributed by atoms with Gasteiger partial charge in [0, 0.05) is 30.1 Å². The molecule has 3 aromatic rings. The van der Waals surface area contributed by atoms with E-state index in [-0.39, 0.29) is 11.9 Å². The Bertz CT molecular complexity index is 1190. The minimum atomic E-state index is -0.0478. The van der Waals surface area contributed by atoms with Gasteiger partial charge < -0.3 is 14.8 Å². The molecule has 1 aliphatic carbocycles. The monoisotopic (exact) mass is 488 g/mol. The fourth-order valence-electron chi connectivity index (χ4n) is 6.42. The van der Waals surface area contributed by atoms with Crippen LogP contribution in [0.5, 0.6) is 5.75 Å². The van der Waals surface area contributed by atoms with Crippen LogP contribution >= 0.6 is 0 Å². The predicted octanol–water partition coefficient (Wildman–Crippen LogP) is 4.71. The van der Waals surface area contributed by atoms with Gasteiger partial charge in [-0.3, -0.25) is 14.4 Å². The zero-order chi connectivity index (χ0) is 24.5. The molecule has 2 aliphatic heterocycles. The summed E-state index contributed by atoms with van der Waals surface area (Å²) in [6.07, 6.45) is 7.83. The summed E-state index contributed by atoms with van der Waals surface area (Å²) in [4.78, 5) is 16.1. The Morgan fingerprint density at radius 2 is 1.72 bits per heavy atom. The number of piperidine rings is 1. The number of nitrogens with zero attached hydrogens (tertiary/aromatic N) is 3. The Morgan fingerprint density at radius 1 is 1.00 bits per heavy atom. The van der Waals surface area contributed by atoms with Gasteiger partial charge in [0.25, 0.3) is 5.91 Å². The topological polar surface area (TPSA) is 68.6 Å². The minimum Gasteiger partial charge on any atom is -0.497 e. The van der Waals surface area contributed by atoms with Crippen molar-refractivity contribution in [2.24, 2.45) is 0 Å². The highest BCUT2D eigenvalue weighted by molar-refractivity contribution is 6.05. The van der Waals surface area contributed by atoms with Crippen LogP contribution < -0.4 is 10.1 Å². The lowest BCUT2D eigenvalue weighted by molar-refractivity contribution is -0.0843. The van der Waals surface area contributed by atoms with Crippen molar-refractivity contribution in [1.29, 1.82) is 0 Å². The summed E-state index contributed by atoms with van der Waals surface area (Å²) in [7, 11) is 1.69. The average molecular weight is 489 g/mol. The van der Waals surface area contributed by atoms with Crippen LogP contribution in [0.2, 0.25) is 0 Å². The van der Waals surface area contributed by atoms with Gasteiger partial charge >= 0.3 is 0 Å². The quantitative estimate of drug-likeness (QED) is 0.544. The van der Waals surface area contributed by atoms with E-state index in [4.69, 9.17) is 14.6 Å². The first kappa shape index (κ1) is 23.5. The lowest BCUT2D eigenvalue weighted by atomic mass is 9.89. The number of hydrogen-bond acceptors (Lipinski definition) is 5. The van der Waals surface area contributed by atoms with Crippen LogP contribution in [-0.2, 0) is 11.3 Å². The summed E-state index contributed by atoms with van der Waals surface area (Å²) in [5, 5.41) is 9.21. The maximum Gasteiger partial charge on any atom is 0.272 e. The first-order valence-electron chi connectivity index (χ1n) is 13.4. The highest BCUT2D eigenvalue weighted by Gasteiger charge is 2.39. The third-order valence-electron chi connectivity index (χ3n) is 8.28. The van der Waals surface area contributed by atoms with E-state index in [0.29, 0.717) is 37.0 Å². The summed E-state index contributed by atoms with van der Waals surface area (Å²) in [6, 6.07) is 17.6. The maximum atomic E-state index is 13.5. The highest BCUT2D eigenvalue weighted by atomic mass is 16.5. The molecule has 1 aromatic heterocycles. The van der Waals surface area contributed by atoms with Crippen molar-refractivity contribution < 1.29 is 14.3 Å². The number of carbonyl (C=O) groups is 1. The molecule has 3 fully saturated rings. The van der Waals surface area contributed by atoms with Crippen LogP contribution in [0.3, 0.4) is 0 Å². The number of methoxy groups -OCH3 is 1. The van der Waals surface area contributed by atoms with Crippen molar-refractivity contribution >= 4 is 16.8 Å². The molecule has 0 spiro atoms. The van der Waals surface area contributed by atoms with Gasteiger partial charge in [0.2, 0.25) is 0 Å². The number of nitrogens with one attached hydrogen (secondary N) is 1. The summed E-state index contributed by atoms with van der Waals surface area (Å²) < 4.78 is 13.3. The van der Waals surface area contributed by atoms with E-state index in [1.807, 2.05) is 30.3 Å². The highest BCUT2D eigenvalue weighted by Crippen LogP contribution is 2.33. The van der Waals surface area contributed by atoms with Gasteiger partial charge in [-0.1, -0.05) is 49.6 Å². The van der Waals surface area contributed by atoms with E-state index in [1.165, 1.54) is 24.8 Å². The first-order valence-corrected chi connectivity index (χ1v) is 13.4. The number of amides is 1. The standard InChI is InChI=1S/C29H36N4O3/c1-35-25-13-11-20(12-14-25)17-32-23-15-21(16-24(32)19-36-18-23)30-29(34)28-26-9-5-6-10-27(26)33(31-28)22-7-3-2-4-8-22/h5-6,9-14,21-24H,2-4,7-8,15-19H2,1H3,(H,30,34)/t21-,23-,24+. The van der Waals surface area contributed by atoms with Crippen molar-refractivity contribution in [1.82, 2.24) is 20.0 Å². The first-order chi connectivity index (χ1) is 17.7. The minimum absolute atomic E-state index is 0.0478. The molecule has 36 heavy (non-hydrogen) atoms. The van der Waals surface area contributed by atoms with Gasteiger partial charge in [-0.25, -0.2) is 0 Å². The Hall–Kier alpha value is -2.90. The number of hydrogen-bond donors (Lipinski definition) is 1. The zero-order valence-electron chi connectivity index (χ0n) is 21.1.